The third-order valence-corrected chi connectivity index (χ3v) is 5.44. The highest BCUT2D eigenvalue weighted by molar-refractivity contribution is 7.99. The van der Waals surface area contributed by atoms with E-state index in [9.17, 15) is 4.79 Å². The molecule has 0 aliphatic rings. The van der Waals surface area contributed by atoms with Crippen molar-refractivity contribution in [3.63, 3.8) is 0 Å². The first-order valence-electron chi connectivity index (χ1n) is 7.88. The van der Waals surface area contributed by atoms with Crippen molar-refractivity contribution in [2.24, 2.45) is 0 Å². The Bertz CT molecular complexity index is 858. The number of nitrogens with zero attached hydrogens (tertiary/aromatic N) is 2. The van der Waals surface area contributed by atoms with Gasteiger partial charge in [0.1, 0.15) is 0 Å². The number of aromatic nitrogens is 2. The maximum atomic E-state index is 11.9. The Labute approximate surface area is 164 Å². The zero-order valence-corrected chi connectivity index (χ0v) is 16.1. The molecule has 0 radical (unpaired) electrons. The second-order valence-electron chi connectivity index (χ2n) is 5.15. The molecule has 0 fully saturated rings. The Morgan fingerprint density at radius 2 is 1.81 bits per heavy atom. The van der Waals surface area contributed by atoms with E-state index in [1.54, 1.807) is 23.9 Å². The second kappa shape index (κ2) is 9.66. The van der Waals surface area contributed by atoms with E-state index in [1.165, 1.54) is 16.7 Å². The van der Waals surface area contributed by atoms with Crippen molar-refractivity contribution in [3.05, 3.63) is 59.6 Å². The van der Waals surface area contributed by atoms with Crippen LogP contribution >= 0.6 is 35.1 Å². The summed E-state index contributed by atoms with van der Waals surface area (Å²) in [7, 11) is 0. The number of hydrogen-bond donors (Lipinski definition) is 1. The van der Waals surface area contributed by atoms with Crippen LogP contribution in [0.3, 0.4) is 0 Å². The topological polar surface area (TPSA) is 68.0 Å². The van der Waals surface area contributed by atoms with E-state index < -0.39 is 0 Å². The Morgan fingerprint density at radius 3 is 2.62 bits per heavy atom. The van der Waals surface area contributed by atoms with Crippen LogP contribution in [0.15, 0.2) is 69.1 Å². The summed E-state index contributed by atoms with van der Waals surface area (Å²) in [6, 6.07) is 17.3. The first kappa shape index (κ1) is 18.8. The number of hydrogen-bond acceptors (Lipinski definition) is 6. The first-order chi connectivity index (χ1) is 12.7. The van der Waals surface area contributed by atoms with Crippen LogP contribution in [0.1, 0.15) is 0 Å². The van der Waals surface area contributed by atoms with Gasteiger partial charge in [-0.2, -0.15) is 0 Å². The van der Waals surface area contributed by atoms with E-state index >= 15 is 0 Å². The standard InChI is InChI=1S/C18H16ClN3O2S2/c19-15-9-5-4-8-14(15)17-21-22-18(24-17)26-12-16(23)20-10-11-25-13-6-2-1-3-7-13/h1-9H,10-12H2,(H,20,23). The second-order valence-corrected chi connectivity index (χ2v) is 7.66. The molecule has 5 nitrogen and oxygen atoms in total. The van der Waals surface area contributed by atoms with Crippen LogP contribution < -0.4 is 5.32 Å². The van der Waals surface area contributed by atoms with Crippen LogP contribution in [-0.2, 0) is 4.79 Å². The van der Waals surface area contributed by atoms with Crippen molar-refractivity contribution >= 4 is 41.0 Å². The Morgan fingerprint density at radius 1 is 1.04 bits per heavy atom. The minimum absolute atomic E-state index is 0.0684. The Kier molecular flexibility index (Phi) is 6.99. The molecule has 26 heavy (non-hydrogen) atoms. The van der Waals surface area contributed by atoms with Gasteiger partial charge in [0, 0.05) is 17.2 Å². The molecule has 0 aliphatic heterocycles. The minimum Gasteiger partial charge on any atom is -0.411 e. The van der Waals surface area contributed by atoms with Gasteiger partial charge in [-0.15, -0.1) is 22.0 Å². The third-order valence-electron chi connectivity index (χ3n) is 3.27. The highest BCUT2D eigenvalue weighted by atomic mass is 35.5. The van der Waals surface area contributed by atoms with E-state index in [4.69, 9.17) is 16.0 Å². The highest BCUT2D eigenvalue weighted by Crippen LogP contribution is 2.28. The van der Waals surface area contributed by atoms with Crippen molar-refractivity contribution in [2.75, 3.05) is 18.1 Å². The summed E-state index contributed by atoms with van der Waals surface area (Å²) in [6.45, 7) is 0.605. The van der Waals surface area contributed by atoms with Crippen LogP contribution in [0, 0.1) is 0 Å². The van der Waals surface area contributed by atoms with E-state index in [-0.39, 0.29) is 11.7 Å². The summed E-state index contributed by atoms with van der Waals surface area (Å²) >= 11 is 9.02. The molecule has 1 amide bonds. The van der Waals surface area contributed by atoms with Gasteiger partial charge in [0.15, 0.2) is 0 Å². The Balaban J connectivity index is 1.40. The number of thioether (sulfide) groups is 2. The fraction of sp³-hybridized carbons (Fsp3) is 0.167. The predicted octanol–water partition coefficient (Wildman–Crippen LogP) is 4.39. The molecular formula is C18H16ClN3O2S2. The molecule has 0 bridgehead atoms. The lowest BCUT2D eigenvalue weighted by Crippen LogP contribution is -2.27. The van der Waals surface area contributed by atoms with Gasteiger partial charge in [-0.1, -0.05) is 53.7 Å². The molecule has 3 aromatic rings. The van der Waals surface area contributed by atoms with Crippen LogP contribution in [-0.4, -0.2) is 34.2 Å². The lowest BCUT2D eigenvalue weighted by molar-refractivity contribution is -0.118. The fourth-order valence-corrected chi connectivity index (χ4v) is 3.66. The number of amides is 1. The summed E-state index contributed by atoms with van der Waals surface area (Å²) in [5.41, 5.74) is 0.677. The van der Waals surface area contributed by atoms with Gasteiger partial charge < -0.3 is 9.73 Å². The van der Waals surface area contributed by atoms with Crippen molar-refractivity contribution in [2.45, 2.75) is 10.1 Å². The van der Waals surface area contributed by atoms with E-state index in [0.29, 0.717) is 28.2 Å². The molecule has 2 aromatic carbocycles. The smallest absolute Gasteiger partial charge is 0.277 e. The highest BCUT2D eigenvalue weighted by Gasteiger charge is 2.13. The van der Waals surface area contributed by atoms with E-state index in [0.717, 1.165) is 5.75 Å². The molecule has 8 heteroatoms. The van der Waals surface area contributed by atoms with Crippen LogP contribution in [0.4, 0.5) is 0 Å². The summed E-state index contributed by atoms with van der Waals surface area (Å²) in [5.74, 6) is 1.32. The van der Waals surface area contributed by atoms with Crippen molar-refractivity contribution in [1.82, 2.24) is 15.5 Å². The average Bonchev–Trinajstić information content (AvgIpc) is 3.13. The number of carbonyl (C=O) groups is 1. The van der Waals surface area contributed by atoms with Gasteiger partial charge in [0.05, 0.1) is 16.3 Å². The van der Waals surface area contributed by atoms with Crippen molar-refractivity contribution in [3.8, 4) is 11.5 Å². The van der Waals surface area contributed by atoms with Crippen molar-refractivity contribution in [1.29, 1.82) is 0 Å². The molecule has 0 spiro atoms. The summed E-state index contributed by atoms with van der Waals surface area (Å²) in [4.78, 5) is 13.1. The first-order valence-corrected chi connectivity index (χ1v) is 10.2. The van der Waals surface area contributed by atoms with Crippen LogP contribution in [0.25, 0.3) is 11.5 Å². The summed E-state index contributed by atoms with van der Waals surface area (Å²) < 4.78 is 5.56. The minimum atomic E-state index is -0.0684. The lowest BCUT2D eigenvalue weighted by atomic mass is 10.2. The zero-order chi connectivity index (χ0) is 18.2. The molecule has 1 aromatic heterocycles. The molecule has 0 saturated heterocycles. The molecule has 0 saturated carbocycles. The van der Waals surface area contributed by atoms with Gasteiger partial charge in [0.25, 0.3) is 5.22 Å². The number of nitrogens with one attached hydrogen (secondary N) is 1. The van der Waals surface area contributed by atoms with Crippen LogP contribution in [0.2, 0.25) is 5.02 Å². The number of halogens is 1. The molecule has 0 aliphatic carbocycles. The number of carbonyl (C=O) groups excluding carboxylic acids is 1. The average molecular weight is 406 g/mol. The lowest BCUT2D eigenvalue weighted by Gasteiger charge is -2.04. The van der Waals surface area contributed by atoms with Crippen molar-refractivity contribution < 1.29 is 9.21 Å². The quantitative estimate of drug-likeness (QED) is 0.442. The van der Waals surface area contributed by atoms with Gasteiger partial charge in [-0.3, -0.25) is 4.79 Å². The van der Waals surface area contributed by atoms with Gasteiger partial charge in [-0.25, -0.2) is 0 Å². The predicted molar refractivity (Wildman–Crippen MR) is 106 cm³/mol. The summed E-state index contributed by atoms with van der Waals surface area (Å²) in [5, 5.41) is 11.7. The molecule has 0 unspecified atom stereocenters. The monoisotopic (exact) mass is 405 g/mol. The van der Waals surface area contributed by atoms with Gasteiger partial charge in [-0.05, 0) is 24.3 Å². The number of benzene rings is 2. The molecule has 1 N–H and O–H groups in total. The van der Waals surface area contributed by atoms with Crippen LogP contribution in [0.5, 0.6) is 0 Å². The van der Waals surface area contributed by atoms with Gasteiger partial charge in [0.2, 0.25) is 11.8 Å². The third kappa shape index (κ3) is 5.52. The Hall–Kier alpha value is -1.96. The maximum absolute atomic E-state index is 11.9. The largest absolute Gasteiger partial charge is 0.411 e. The molecule has 3 rings (SSSR count). The van der Waals surface area contributed by atoms with E-state index in [1.807, 2.05) is 30.3 Å². The molecule has 134 valence electrons. The van der Waals surface area contributed by atoms with E-state index in [2.05, 4.69) is 27.6 Å². The zero-order valence-electron chi connectivity index (χ0n) is 13.7. The number of rotatable bonds is 8. The molecule has 1 heterocycles. The normalized spacial score (nSPS) is 10.7. The summed E-state index contributed by atoms with van der Waals surface area (Å²) in [6.07, 6.45) is 0. The SMILES string of the molecule is O=C(CSc1nnc(-c2ccccc2Cl)o1)NCCSc1ccccc1. The fourth-order valence-electron chi connectivity index (χ4n) is 2.07. The molecular weight excluding hydrogens is 390 g/mol. The molecule has 0 atom stereocenters. The van der Waals surface area contributed by atoms with Gasteiger partial charge >= 0.3 is 0 Å². The maximum Gasteiger partial charge on any atom is 0.277 e.